The monoisotopic (exact) mass is 543 g/mol. The number of nitrogens with zero attached hydrogens (tertiary/aromatic N) is 6. The van der Waals surface area contributed by atoms with Crippen molar-refractivity contribution in [3.63, 3.8) is 0 Å². The molecule has 2 aromatic heterocycles. The van der Waals surface area contributed by atoms with Gasteiger partial charge in [-0.3, -0.25) is 15.0 Å². The van der Waals surface area contributed by atoms with Gasteiger partial charge in [0.2, 0.25) is 10.0 Å². The Kier molecular flexibility index (Phi) is 6.70. The van der Waals surface area contributed by atoms with Crippen LogP contribution >= 0.6 is 11.3 Å². The van der Waals surface area contributed by atoms with E-state index in [9.17, 15) is 8.42 Å². The van der Waals surface area contributed by atoms with Gasteiger partial charge in [-0.25, -0.2) is 8.42 Å². The van der Waals surface area contributed by atoms with E-state index >= 15 is 0 Å². The van der Waals surface area contributed by atoms with Crippen LogP contribution in [-0.4, -0.2) is 104 Å². The first-order valence-corrected chi connectivity index (χ1v) is 15.4. The summed E-state index contributed by atoms with van der Waals surface area (Å²) in [4.78, 5) is 13.5. The molecule has 1 atom stereocenters. The number of morpholine rings is 1. The average molecular weight is 544 g/mol. The van der Waals surface area contributed by atoms with Crippen molar-refractivity contribution in [3.8, 4) is 0 Å². The lowest BCUT2D eigenvalue weighted by Crippen LogP contribution is -2.51. The summed E-state index contributed by atoms with van der Waals surface area (Å²) < 4.78 is 32.2. The quantitative estimate of drug-likeness (QED) is 0.487. The van der Waals surface area contributed by atoms with E-state index in [1.165, 1.54) is 21.5 Å². The predicted molar refractivity (Wildman–Crippen MR) is 145 cm³/mol. The highest BCUT2D eigenvalue weighted by Crippen LogP contribution is 2.31. The molecule has 0 amide bonds. The maximum absolute atomic E-state index is 11.9. The number of hydrogen-bond acceptors (Lipinski definition) is 9. The number of anilines is 1. The third kappa shape index (κ3) is 4.88. The van der Waals surface area contributed by atoms with Gasteiger partial charge in [0.05, 0.1) is 46.8 Å². The molecule has 1 N–H and O–H groups in total. The highest BCUT2D eigenvalue weighted by Gasteiger charge is 2.28. The van der Waals surface area contributed by atoms with Crippen LogP contribution in [0.5, 0.6) is 0 Å². The van der Waals surface area contributed by atoms with Crippen LogP contribution in [0.1, 0.15) is 11.8 Å². The Bertz CT molecular complexity index is 1500. The lowest BCUT2D eigenvalue weighted by molar-refractivity contribution is 0.0622. The van der Waals surface area contributed by atoms with Crippen LogP contribution in [0.2, 0.25) is 0 Å². The van der Waals surface area contributed by atoms with E-state index in [1.807, 2.05) is 23.6 Å². The molecule has 5 heterocycles. The van der Waals surface area contributed by atoms with Gasteiger partial charge in [0, 0.05) is 55.6 Å². The first kappa shape index (κ1) is 24.8. The molecule has 0 bridgehead atoms. The first-order chi connectivity index (χ1) is 17.9. The van der Waals surface area contributed by atoms with Crippen LogP contribution < -0.4 is 14.8 Å². The Morgan fingerprint density at radius 1 is 1.14 bits per heavy atom. The van der Waals surface area contributed by atoms with Gasteiger partial charge in [-0.05, 0) is 31.5 Å². The molecule has 0 aliphatic carbocycles. The SMILES string of the molecule is CC(Cc1cc2c(s1)=C(N1CCOCC1)N(c1cccc3[nH]ncc13)CN=2)N1CCN(S(C)(=O)=O)CC1. The number of aromatic nitrogens is 2. The molecule has 3 aromatic rings. The van der Waals surface area contributed by atoms with E-state index < -0.39 is 10.0 Å². The second kappa shape index (κ2) is 9.99. The number of hydrogen-bond donors (Lipinski definition) is 1. The Balaban J connectivity index is 1.31. The number of rotatable bonds is 6. The van der Waals surface area contributed by atoms with Crippen LogP contribution in [0.3, 0.4) is 0 Å². The van der Waals surface area contributed by atoms with Crippen LogP contribution in [0.25, 0.3) is 16.7 Å². The van der Waals surface area contributed by atoms with Crippen LogP contribution in [0.4, 0.5) is 5.69 Å². The number of piperazine rings is 1. The predicted octanol–water partition coefficient (Wildman–Crippen LogP) is 0.628. The van der Waals surface area contributed by atoms with Gasteiger partial charge >= 0.3 is 0 Å². The smallest absolute Gasteiger partial charge is 0.211 e. The summed E-state index contributed by atoms with van der Waals surface area (Å²) in [6, 6.07) is 8.83. The van der Waals surface area contributed by atoms with E-state index in [4.69, 9.17) is 9.73 Å². The second-order valence-corrected chi connectivity index (χ2v) is 13.1. The summed E-state index contributed by atoms with van der Waals surface area (Å²) in [7, 11) is -3.12. The molecule has 3 aliphatic rings. The van der Waals surface area contributed by atoms with Crippen molar-refractivity contribution in [2.75, 3.05) is 70.3 Å². The molecule has 10 nitrogen and oxygen atoms in total. The first-order valence-electron chi connectivity index (χ1n) is 12.8. The summed E-state index contributed by atoms with van der Waals surface area (Å²) in [5.41, 5.74) is 2.12. The Hall–Kier alpha value is -2.51. The third-order valence-electron chi connectivity index (χ3n) is 7.53. The average Bonchev–Trinajstić information content (AvgIpc) is 3.55. The minimum Gasteiger partial charge on any atom is -0.378 e. The summed E-state index contributed by atoms with van der Waals surface area (Å²) in [6.07, 6.45) is 4.10. The van der Waals surface area contributed by atoms with Crippen molar-refractivity contribution in [2.24, 2.45) is 4.99 Å². The lowest BCUT2D eigenvalue weighted by atomic mass is 10.1. The highest BCUT2D eigenvalue weighted by molar-refractivity contribution is 7.88. The molecule has 12 heteroatoms. The fourth-order valence-corrected chi connectivity index (χ4v) is 7.65. The zero-order chi connectivity index (χ0) is 25.6. The van der Waals surface area contributed by atoms with Crippen LogP contribution in [-0.2, 0) is 21.2 Å². The van der Waals surface area contributed by atoms with Crippen LogP contribution in [0, 0.1) is 0 Å². The summed E-state index contributed by atoms with van der Waals surface area (Å²) in [5.74, 6) is 1.20. The van der Waals surface area contributed by atoms with Crippen molar-refractivity contribution in [1.29, 1.82) is 0 Å². The van der Waals surface area contributed by atoms with Gasteiger partial charge in [-0.1, -0.05) is 6.07 Å². The van der Waals surface area contributed by atoms with Crippen molar-refractivity contribution in [3.05, 3.63) is 45.2 Å². The molecule has 2 fully saturated rings. The zero-order valence-corrected chi connectivity index (χ0v) is 22.9. The molecule has 0 spiro atoms. The van der Waals surface area contributed by atoms with Gasteiger partial charge in [0.15, 0.2) is 0 Å². The van der Waals surface area contributed by atoms with Crippen LogP contribution in [0.15, 0.2) is 35.5 Å². The van der Waals surface area contributed by atoms with Crippen molar-refractivity contribution >= 4 is 43.8 Å². The molecule has 2 saturated heterocycles. The minimum absolute atomic E-state index is 0.324. The summed E-state index contributed by atoms with van der Waals surface area (Å²) in [5, 5.41) is 9.52. The molecule has 1 unspecified atom stereocenters. The molecule has 1 aromatic carbocycles. The zero-order valence-electron chi connectivity index (χ0n) is 21.3. The number of benzene rings is 1. The topological polar surface area (TPSA) is 97.4 Å². The molecular formula is C25H33N7O3S2. The molecule has 6 rings (SSSR count). The number of aromatic amines is 1. The molecule has 0 saturated carbocycles. The van der Waals surface area contributed by atoms with Crippen molar-refractivity contribution in [2.45, 2.75) is 19.4 Å². The van der Waals surface area contributed by atoms with Gasteiger partial charge < -0.3 is 14.5 Å². The fraction of sp³-hybridized carbons (Fsp3) is 0.520. The summed E-state index contributed by atoms with van der Waals surface area (Å²) >= 11 is 1.83. The highest BCUT2D eigenvalue weighted by atomic mass is 32.2. The second-order valence-electron chi connectivity index (χ2n) is 9.94. The maximum atomic E-state index is 11.9. The Morgan fingerprint density at radius 3 is 2.68 bits per heavy atom. The Labute approximate surface area is 220 Å². The van der Waals surface area contributed by atoms with Gasteiger partial charge in [0.1, 0.15) is 12.5 Å². The van der Waals surface area contributed by atoms with Gasteiger partial charge in [0.25, 0.3) is 0 Å². The third-order valence-corrected chi connectivity index (χ3v) is 9.98. The van der Waals surface area contributed by atoms with Crippen molar-refractivity contribution in [1.82, 2.24) is 24.3 Å². The molecule has 0 radical (unpaired) electrons. The molecule has 37 heavy (non-hydrogen) atoms. The standard InChI is InChI=1S/C25H33N7O3S2/c1-18(29-6-8-31(9-7-29)37(2,33)34)14-19-15-22-24(36-19)25(30-10-12-35-13-11-30)32(17-26-22)23-5-3-4-21-20(23)16-27-28-21/h3-5,15-16,18H,6-14,17H2,1-2H3,(H,27,28). The van der Waals surface area contributed by atoms with E-state index in [0.717, 1.165) is 54.5 Å². The van der Waals surface area contributed by atoms with Gasteiger partial charge in [-0.15, -0.1) is 11.3 Å². The molecule has 3 aliphatic heterocycles. The maximum Gasteiger partial charge on any atom is 0.211 e. The Morgan fingerprint density at radius 2 is 1.92 bits per heavy atom. The largest absolute Gasteiger partial charge is 0.378 e. The van der Waals surface area contributed by atoms with Gasteiger partial charge in [-0.2, -0.15) is 9.40 Å². The fourth-order valence-electron chi connectivity index (χ4n) is 5.51. The number of ether oxygens (including phenoxy) is 1. The van der Waals surface area contributed by atoms with Crippen molar-refractivity contribution < 1.29 is 13.2 Å². The number of thiophene rings is 1. The minimum atomic E-state index is -3.12. The van der Waals surface area contributed by atoms with E-state index in [1.54, 1.807) is 4.31 Å². The number of sulfonamides is 1. The summed E-state index contributed by atoms with van der Waals surface area (Å²) in [6.45, 7) is 8.57. The number of fused-ring (bicyclic) bond motifs is 2. The van der Waals surface area contributed by atoms with E-state index in [0.29, 0.717) is 39.0 Å². The van der Waals surface area contributed by atoms with E-state index in [-0.39, 0.29) is 0 Å². The molecule has 198 valence electrons. The lowest BCUT2D eigenvalue weighted by Gasteiger charge is -2.38. The molecular weight excluding hydrogens is 510 g/mol. The normalized spacial score (nSPS) is 20.8. The number of H-pyrrole nitrogens is 1. The van der Waals surface area contributed by atoms with E-state index in [2.05, 4.69) is 50.0 Å². The number of nitrogens with one attached hydrogen (secondary N) is 1.